The maximum Gasteiger partial charge on any atom is 0.433 e. The van der Waals surface area contributed by atoms with Crippen LogP contribution in [0.25, 0.3) is 21.8 Å². The number of nitriles is 2. The number of fused-ring (bicyclic) bond motifs is 2. The van der Waals surface area contributed by atoms with Gasteiger partial charge in [-0.25, -0.2) is 4.98 Å². The molecule has 6 heterocycles. The van der Waals surface area contributed by atoms with Crippen molar-refractivity contribution in [2.24, 2.45) is 0 Å². The zero-order chi connectivity index (χ0) is 44.2. The average molecular weight is 866 g/mol. The van der Waals surface area contributed by atoms with Crippen LogP contribution in [0.2, 0.25) is 0 Å². The fourth-order valence-corrected chi connectivity index (χ4v) is 6.62. The average Bonchev–Trinajstić information content (AvgIpc) is 3.95. The third-order valence-electron chi connectivity index (χ3n) is 8.87. The van der Waals surface area contributed by atoms with Gasteiger partial charge >= 0.3 is 12.4 Å². The first kappa shape index (κ1) is 42.0. The molecule has 0 radical (unpaired) electrons. The zero-order valence-electron chi connectivity index (χ0n) is 31.6. The summed E-state index contributed by atoms with van der Waals surface area (Å²) in [6, 6.07) is 21.2. The lowest BCUT2D eigenvalue weighted by Crippen LogP contribution is -2.15. The van der Waals surface area contributed by atoms with E-state index in [-0.39, 0.29) is 36.3 Å². The van der Waals surface area contributed by atoms with Gasteiger partial charge in [0.15, 0.2) is 17.3 Å². The molecule has 62 heavy (non-hydrogen) atoms. The van der Waals surface area contributed by atoms with E-state index in [1.54, 1.807) is 54.9 Å². The summed E-state index contributed by atoms with van der Waals surface area (Å²) >= 11 is 1.19. The van der Waals surface area contributed by atoms with Gasteiger partial charge in [0.1, 0.15) is 16.3 Å². The van der Waals surface area contributed by atoms with Crippen LogP contribution < -0.4 is 10.6 Å². The van der Waals surface area contributed by atoms with Crippen molar-refractivity contribution in [1.29, 1.82) is 10.5 Å². The van der Waals surface area contributed by atoms with Crippen molar-refractivity contribution in [3.05, 3.63) is 147 Å². The Labute approximate surface area is 348 Å². The number of anilines is 2. The van der Waals surface area contributed by atoms with Crippen LogP contribution in [0.1, 0.15) is 59.5 Å². The number of carbonyl (C=O) groups is 2. The summed E-state index contributed by atoms with van der Waals surface area (Å²) < 4.78 is 79.5. The molecular formula is C40H25F6N13O2S. The van der Waals surface area contributed by atoms with Crippen molar-refractivity contribution in [3.8, 4) is 12.1 Å². The lowest BCUT2D eigenvalue weighted by Gasteiger charge is -2.07. The summed E-state index contributed by atoms with van der Waals surface area (Å²) in [7, 11) is 0. The second kappa shape index (κ2) is 17.2. The smallest absolute Gasteiger partial charge is 0.304 e. The summed E-state index contributed by atoms with van der Waals surface area (Å²) in [5.74, 6) is -0.504. The highest BCUT2D eigenvalue weighted by atomic mass is 32.1. The number of thiazole rings is 1. The molecule has 0 bridgehead atoms. The van der Waals surface area contributed by atoms with Crippen LogP contribution in [0, 0.1) is 29.6 Å². The first-order valence-corrected chi connectivity index (χ1v) is 18.7. The Morgan fingerprint density at radius 3 is 1.63 bits per heavy atom. The summed E-state index contributed by atoms with van der Waals surface area (Å²) in [4.78, 5) is 36.5. The third kappa shape index (κ3) is 9.35. The molecule has 0 unspecified atom stereocenters. The van der Waals surface area contributed by atoms with Crippen molar-refractivity contribution in [1.82, 2.24) is 44.7 Å². The van der Waals surface area contributed by atoms with E-state index in [2.05, 4.69) is 46.0 Å². The standard InChI is InChI=1S/C20H12F3N7O.C20H13F3N6OS/c21-20(22,23)17-6-4-13(10-25-17)11-30-16-5-3-12(9-24)8-14(16)18(29-30)27-19(31)15-2-1-7-26-28-15;1-11-17(31-10-26-11)19(30)27-18-14-6-12(7-24)2-4-15(14)29(28-18)9-13-3-5-16(25-8-13)20(21,22)23/h1-8,10H,11H2,(H,27,29,31);2-6,8,10H,9H2,1H3,(H,27,28,30). The Balaban J connectivity index is 0.000000186. The quantitative estimate of drug-likeness (QED) is 0.141. The molecule has 22 heteroatoms. The Kier molecular flexibility index (Phi) is 11.7. The highest BCUT2D eigenvalue weighted by molar-refractivity contribution is 7.12. The number of aryl methyl sites for hydroxylation is 1. The van der Waals surface area contributed by atoms with E-state index in [0.29, 0.717) is 54.6 Å². The molecule has 8 rings (SSSR count). The van der Waals surface area contributed by atoms with Crippen molar-refractivity contribution >= 4 is 56.6 Å². The van der Waals surface area contributed by atoms with E-state index in [0.717, 1.165) is 24.5 Å². The van der Waals surface area contributed by atoms with Crippen molar-refractivity contribution in [2.75, 3.05) is 10.6 Å². The SMILES string of the molecule is Cc1ncsc1C(=O)Nc1nn(Cc2ccc(C(F)(F)F)nc2)c2ccc(C#N)cc12.N#Cc1ccc2c(c1)c(NC(=O)c1cccnn1)nn2Cc1ccc(C(F)(F)F)nc1. The van der Waals surface area contributed by atoms with Gasteiger partial charge in [-0.3, -0.25) is 28.9 Å². The van der Waals surface area contributed by atoms with Crippen LogP contribution in [0.15, 0.2) is 96.9 Å². The number of carbonyl (C=O) groups excluding carboxylic acids is 2. The minimum atomic E-state index is -4.53. The summed E-state index contributed by atoms with van der Waals surface area (Å²) in [6.07, 6.45) is -5.35. The summed E-state index contributed by atoms with van der Waals surface area (Å²) in [5.41, 5.74) is 3.16. The molecule has 0 aliphatic carbocycles. The van der Waals surface area contributed by atoms with E-state index in [9.17, 15) is 46.5 Å². The van der Waals surface area contributed by atoms with Crippen molar-refractivity contribution < 1.29 is 35.9 Å². The van der Waals surface area contributed by atoms with Crippen LogP contribution in [-0.4, -0.2) is 56.5 Å². The molecular weight excluding hydrogens is 841 g/mol. The Morgan fingerprint density at radius 2 is 1.23 bits per heavy atom. The third-order valence-corrected chi connectivity index (χ3v) is 9.80. The number of halogens is 6. The van der Waals surface area contributed by atoms with Crippen molar-refractivity contribution in [3.63, 3.8) is 0 Å². The van der Waals surface area contributed by atoms with Crippen LogP contribution >= 0.6 is 11.3 Å². The number of benzene rings is 2. The van der Waals surface area contributed by atoms with Crippen LogP contribution in [0.4, 0.5) is 38.0 Å². The zero-order valence-corrected chi connectivity index (χ0v) is 32.4. The summed E-state index contributed by atoms with van der Waals surface area (Å²) in [6.45, 7) is 1.95. The summed E-state index contributed by atoms with van der Waals surface area (Å²) in [5, 5.41) is 41.0. The van der Waals surface area contributed by atoms with Crippen LogP contribution in [0.5, 0.6) is 0 Å². The lowest BCUT2D eigenvalue weighted by molar-refractivity contribution is -0.142. The molecule has 0 aliphatic heterocycles. The number of alkyl halides is 6. The molecule has 0 saturated carbocycles. The Bertz CT molecular complexity index is 3020. The maximum absolute atomic E-state index is 12.7. The van der Waals surface area contributed by atoms with Gasteiger partial charge in [-0.05, 0) is 78.7 Å². The van der Waals surface area contributed by atoms with E-state index < -0.39 is 29.6 Å². The van der Waals surface area contributed by atoms with Crippen molar-refractivity contribution in [2.45, 2.75) is 32.4 Å². The van der Waals surface area contributed by atoms with E-state index in [1.807, 2.05) is 12.1 Å². The van der Waals surface area contributed by atoms with E-state index in [4.69, 9.17) is 0 Å². The Morgan fingerprint density at radius 1 is 0.710 bits per heavy atom. The number of rotatable bonds is 8. The van der Waals surface area contributed by atoms with E-state index in [1.165, 1.54) is 45.1 Å². The second-order valence-corrected chi connectivity index (χ2v) is 13.9. The molecule has 0 atom stereocenters. The molecule has 2 N–H and O–H groups in total. The minimum Gasteiger partial charge on any atom is -0.304 e. The second-order valence-electron chi connectivity index (χ2n) is 13.1. The fraction of sp³-hybridized carbons (Fsp3) is 0.125. The number of pyridine rings is 2. The first-order chi connectivity index (χ1) is 29.6. The molecule has 15 nitrogen and oxygen atoms in total. The van der Waals surface area contributed by atoms with Gasteiger partial charge in [0.05, 0.1) is 58.6 Å². The largest absolute Gasteiger partial charge is 0.433 e. The van der Waals surface area contributed by atoms with Gasteiger partial charge in [-0.2, -0.15) is 52.2 Å². The number of hydrogen-bond donors (Lipinski definition) is 2. The van der Waals surface area contributed by atoms with Gasteiger partial charge < -0.3 is 10.6 Å². The molecule has 0 aliphatic rings. The minimum absolute atomic E-state index is 0.0774. The molecule has 310 valence electrons. The monoisotopic (exact) mass is 865 g/mol. The molecule has 2 aromatic carbocycles. The normalized spacial score (nSPS) is 11.4. The number of aromatic nitrogens is 9. The number of nitrogens with zero attached hydrogens (tertiary/aromatic N) is 11. The van der Waals surface area contributed by atoms with Gasteiger partial charge in [-0.15, -0.1) is 16.4 Å². The molecule has 2 amide bonds. The van der Waals surface area contributed by atoms with Gasteiger partial charge in [0.25, 0.3) is 11.8 Å². The molecule has 0 saturated heterocycles. The molecule has 6 aromatic heterocycles. The number of amides is 2. The predicted octanol–water partition coefficient (Wildman–Crippen LogP) is 7.80. The topological polar surface area (TPSA) is 206 Å². The van der Waals surface area contributed by atoms with Gasteiger partial charge in [0, 0.05) is 29.4 Å². The fourth-order valence-electron chi connectivity index (χ4n) is 5.92. The predicted molar refractivity (Wildman–Crippen MR) is 210 cm³/mol. The molecule has 0 fully saturated rings. The highest BCUT2D eigenvalue weighted by Gasteiger charge is 2.33. The van der Waals surface area contributed by atoms with Crippen LogP contribution in [0.3, 0.4) is 0 Å². The Hall–Kier alpha value is -8.11. The van der Waals surface area contributed by atoms with E-state index >= 15 is 0 Å². The number of hydrogen-bond acceptors (Lipinski definition) is 12. The maximum atomic E-state index is 12.7. The lowest BCUT2D eigenvalue weighted by atomic mass is 10.1. The first-order valence-electron chi connectivity index (χ1n) is 17.8. The van der Waals surface area contributed by atoms with Gasteiger partial charge in [-0.1, -0.05) is 12.1 Å². The molecule has 8 aromatic rings. The van der Waals surface area contributed by atoms with Gasteiger partial charge in [0.2, 0.25) is 0 Å². The van der Waals surface area contributed by atoms with Crippen LogP contribution in [-0.2, 0) is 25.4 Å². The molecule has 0 spiro atoms. The highest BCUT2D eigenvalue weighted by Crippen LogP contribution is 2.31. The number of nitrogens with one attached hydrogen (secondary N) is 2.